The molecule has 3 fully saturated rings. The molecule has 0 unspecified atom stereocenters. The van der Waals surface area contributed by atoms with Crippen molar-refractivity contribution in [3.05, 3.63) is 11.7 Å². The third-order valence-corrected chi connectivity index (χ3v) is 5.75. The lowest BCUT2D eigenvalue weighted by molar-refractivity contribution is 0.0706. The molecule has 6 heteroatoms. The third kappa shape index (κ3) is 3.44. The Hall–Kier alpha value is -0.980. The highest BCUT2D eigenvalue weighted by Gasteiger charge is 2.36. The van der Waals surface area contributed by atoms with E-state index in [2.05, 4.69) is 19.9 Å². The number of nitrogens with zero attached hydrogens (tertiary/aromatic N) is 4. The van der Waals surface area contributed by atoms with E-state index in [0.717, 1.165) is 31.3 Å². The first-order valence-corrected chi connectivity index (χ1v) is 9.26. The fraction of sp³-hybridized carbons (Fsp3) is 0.882. The van der Waals surface area contributed by atoms with Crippen molar-refractivity contribution in [1.82, 2.24) is 19.9 Å². The molecule has 1 aromatic heterocycles. The van der Waals surface area contributed by atoms with Gasteiger partial charge in [0, 0.05) is 25.0 Å². The molecule has 4 rings (SSSR count). The van der Waals surface area contributed by atoms with Crippen LogP contribution in [-0.4, -0.2) is 63.4 Å². The number of aliphatic hydroxyl groups excluding tert-OH is 1. The fourth-order valence-electron chi connectivity index (χ4n) is 4.46. The van der Waals surface area contributed by atoms with Crippen molar-refractivity contribution >= 4 is 0 Å². The number of hydrogen-bond donors (Lipinski definition) is 1. The van der Waals surface area contributed by atoms with Gasteiger partial charge < -0.3 is 9.63 Å². The first-order chi connectivity index (χ1) is 11.3. The Labute approximate surface area is 137 Å². The van der Waals surface area contributed by atoms with E-state index in [0.29, 0.717) is 19.0 Å². The highest BCUT2D eigenvalue weighted by Crippen LogP contribution is 2.33. The molecular formula is C17H28N4O2. The van der Waals surface area contributed by atoms with Crippen LogP contribution >= 0.6 is 0 Å². The van der Waals surface area contributed by atoms with Crippen LogP contribution in [0, 0.1) is 0 Å². The average molecular weight is 320 g/mol. The summed E-state index contributed by atoms with van der Waals surface area (Å²) in [6, 6.07) is 0.275. The molecule has 128 valence electrons. The fourth-order valence-corrected chi connectivity index (χ4v) is 4.46. The SMILES string of the molecule is O[C@H]1CN(Cc2noc(C3CCCC3)n2)C[C@@H]1N1CCCCC1. The number of rotatable bonds is 4. The second-order valence-corrected chi connectivity index (χ2v) is 7.46. The number of piperidine rings is 1. The Kier molecular flexibility index (Phi) is 4.64. The van der Waals surface area contributed by atoms with Crippen molar-refractivity contribution in [3.8, 4) is 0 Å². The topological polar surface area (TPSA) is 65.6 Å². The van der Waals surface area contributed by atoms with Crippen molar-refractivity contribution in [2.75, 3.05) is 26.2 Å². The molecule has 23 heavy (non-hydrogen) atoms. The Bertz CT molecular complexity index is 508. The lowest BCUT2D eigenvalue weighted by Gasteiger charge is -2.33. The number of hydrogen-bond acceptors (Lipinski definition) is 6. The molecule has 1 aliphatic carbocycles. The van der Waals surface area contributed by atoms with E-state index in [1.54, 1.807) is 0 Å². The minimum absolute atomic E-state index is 0.255. The second-order valence-electron chi connectivity index (χ2n) is 7.46. The summed E-state index contributed by atoms with van der Waals surface area (Å²) >= 11 is 0. The van der Waals surface area contributed by atoms with E-state index in [1.165, 1.54) is 44.9 Å². The number of aliphatic hydroxyl groups is 1. The molecule has 2 atom stereocenters. The number of likely N-dealkylation sites (tertiary alicyclic amines) is 2. The van der Waals surface area contributed by atoms with Crippen LogP contribution in [0.1, 0.15) is 62.6 Å². The van der Waals surface area contributed by atoms with Gasteiger partial charge in [0.1, 0.15) is 0 Å². The molecule has 6 nitrogen and oxygen atoms in total. The predicted molar refractivity (Wildman–Crippen MR) is 86.0 cm³/mol. The smallest absolute Gasteiger partial charge is 0.229 e. The van der Waals surface area contributed by atoms with E-state index in [1.807, 2.05) is 0 Å². The number of aromatic nitrogens is 2. The van der Waals surface area contributed by atoms with E-state index in [9.17, 15) is 5.11 Å². The maximum absolute atomic E-state index is 10.4. The molecule has 1 aromatic rings. The van der Waals surface area contributed by atoms with Crippen LogP contribution in [0.2, 0.25) is 0 Å². The van der Waals surface area contributed by atoms with Crippen molar-refractivity contribution in [1.29, 1.82) is 0 Å². The van der Waals surface area contributed by atoms with E-state index in [4.69, 9.17) is 4.52 Å². The highest BCUT2D eigenvalue weighted by atomic mass is 16.5. The predicted octanol–water partition coefficient (Wildman–Crippen LogP) is 1.76. The molecule has 0 amide bonds. The van der Waals surface area contributed by atoms with Gasteiger partial charge in [-0.2, -0.15) is 4.98 Å². The molecule has 0 radical (unpaired) electrons. The van der Waals surface area contributed by atoms with E-state index < -0.39 is 0 Å². The van der Waals surface area contributed by atoms with E-state index in [-0.39, 0.29) is 12.1 Å². The quantitative estimate of drug-likeness (QED) is 0.912. The summed E-state index contributed by atoms with van der Waals surface area (Å²) in [5, 5.41) is 14.6. The molecule has 1 saturated carbocycles. The highest BCUT2D eigenvalue weighted by molar-refractivity contribution is 4.98. The Morgan fingerprint density at radius 1 is 1.04 bits per heavy atom. The lowest BCUT2D eigenvalue weighted by Crippen LogP contribution is -2.45. The first kappa shape index (κ1) is 15.5. The Morgan fingerprint density at radius 2 is 1.83 bits per heavy atom. The maximum Gasteiger partial charge on any atom is 0.229 e. The van der Waals surface area contributed by atoms with Gasteiger partial charge in [0.25, 0.3) is 0 Å². The zero-order valence-electron chi connectivity index (χ0n) is 13.9. The molecule has 0 spiro atoms. The average Bonchev–Trinajstić information content (AvgIpc) is 3.29. The zero-order valence-corrected chi connectivity index (χ0v) is 13.9. The summed E-state index contributed by atoms with van der Waals surface area (Å²) < 4.78 is 5.47. The largest absolute Gasteiger partial charge is 0.390 e. The third-order valence-electron chi connectivity index (χ3n) is 5.75. The van der Waals surface area contributed by atoms with Gasteiger partial charge in [-0.15, -0.1) is 0 Å². The van der Waals surface area contributed by atoms with Crippen LogP contribution in [0.5, 0.6) is 0 Å². The monoisotopic (exact) mass is 320 g/mol. The maximum atomic E-state index is 10.4. The summed E-state index contributed by atoms with van der Waals surface area (Å²) in [6.07, 6.45) is 8.51. The van der Waals surface area contributed by atoms with Crippen molar-refractivity contribution < 1.29 is 9.63 Å². The summed E-state index contributed by atoms with van der Waals surface area (Å²) in [7, 11) is 0. The van der Waals surface area contributed by atoms with Crippen molar-refractivity contribution in [3.63, 3.8) is 0 Å². The van der Waals surface area contributed by atoms with Gasteiger partial charge in [-0.1, -0.05) is 24.4 Å². The molecule has 3 aliphatic rings. The van der Waals surface area contributed by atoms with Gasteiger partial charge in [-0.05, 0) is 38.8 Å². The molecule has 0 bridgehead atoms. The molecule has 2 aliphatic heterocycles. The van der Waals surface area contributed by atoms with Crippen LogP contribution < -0.4 is 0 Å². The van der Waals surface area contributed by atoms with Crippen molar-refractivity contribution in [2.24, 2.45) is 0 Å². The van der Waals surface area contributed by atoms with Crippen LogP contribution in [-0.2, 0) is 6.54 Å². The Balaban J connectivity index is 1.34. The van der Waals surface area contributed by atoms with Gasteiger partial charge in [0.05, 0.1) is 12.6 Å². The van der Waals surface area contributed by atoms with Gasteiger partial charge in [-0.3, -0.25) is 9.80 Å². The van der Waals surface area contributed by atoms with Gasteiger partial charge in [0.2, 0.25) is 5.89 Å². The zero-order chi connectivity index (χ0) is 15.6. The van der Waals surface area contributed by atoms with Gasteiger partial charge in [0.15, 0.2) is 5.82 Å². The molecule has 0 aromatic carbocycles. The van der Waals surface area contributed by atoms with Crippen molar-refractivity contribution in [2.45, 2.75) is 69.6 Å². The van der Waals surface area contributed by atoms with Gasteiger partial charge in [-0.25, -0.2) is 0 Å². The summed E-state index contributed by atoms with van der Waals surface area (Å²) in [4.78, 5) is 9.34. The second kappa shape index (κ2) is 6.87. The Morgan fingerprint density at radius 3 is 2.61 bits per heavy atom. The molecule has 1 N–H and O–H groups in total. The summed E-state index contributed by atoms with van der Waals surface area (Å²) in [5.41, 5.74) is 0. The summed E-state index contributed by atoms with van der Waals surface area (Å²) in [5.74, 6) is 2.07. The van der Waals surface area contributed by atoms with Crippen LogP contribution in [0.25, 0.3) is 0 Å². The minimum atomic E-state index is -0.255. The van der Waals surface area contributed by atoms with Crippen LogP contribution in [0.3, 0.4) is 0 Å². The normalized spacial score (nSPS) is 31.2. The molecular weight excluding hydrogens is 292 g/mol. The van der Waals surface area contributed by atoms with E-state index >= 15 is 0 Å². The molecule has 2 saturated heterocycles. The first-order valence-electron chi connectivity index (χ1n) is 9.26. The molecule has 3 heterocycles. The van der Waals surface area contributed by atoms with Gasteiger partial charge >= 0.3 is 0 Å². The van der Waals surface area contributed by atoms with Crippen LogP contribution in [0.4, 0.5) is 0 Å². The number of β-amino-alcohol motifs (C(OH)–C–C–N with tert-alkyl or cyclic N) is 1. The summed E-state index contributed by atoms with van der Waals surface area (Å²) in [6.45, 7) is 4.58. The lowest BCUT2D eigenvalue weighted by atomic mass is 10.1. The standard InChI is InChI=1S/C17H28N4O2/c22-15-11-20(10-14(15)21-8-4-1-5-9-21)12-16-18-17(23-19-16)13-6-2-3-7-13/h13-15,22H,1-12H2/t14-,15-/m0/s1. The minimum Gasteiger partial charge on any atom is -0.390 e. The van der Waals surface area contributed by atoms with Crippen LogP contribution in [0.15, 0.2) is 4.52 Å².